The van der Waals surface area contributed by atoms with Gasteiger partial charge in [0.1, 0.15) is 5.65 Å². The second-order valence-electron chi connectivity index (χ2n) is 2.85. The van der Waals surface area contributed by atoms with Crippen LogP contribution in [-0.4, -0.2) is 14.8 Å². The first-order valence-corrected chi connectivity index (χ1v) is 4.11. The number of pyridine rings is 1. The van der Waals surface area contributed by atoms with Gasteiger partial charge in [-0.15, -0.1) is 0 Å². The number of hydrogen-bond donors (Lipinski definition) is 1. The van der Waals surface area contributed by atoms with Crippen LogP contribution in [0, 0.1) is 11.4 Å². The van der Waals surface area contributed by atoms with Gasteiger partial charge in [-0.1, -0.05) is 12.2 Å². The molecule has 2 aromatic rings. The fourth-order valence-electron chi connectivity index (χ4n) is 1.26. The molecule has 0 amide bonds. The minimum atomic E-state index is 0.856. The number of aryl methyl sites for hydroxylation is 2. The molecule has 2 aromatic heterocycles. The summed E-state index contributed by atoms with van der Waals surface area (Å²) in [4.78, 5) is 3.21. The van der Waals surface area contributed by atoms with Crippen LogP contribution in [0.3, 0.4) is 0 Å². The lowest BCUT2D eigenvalue weighted by atomic mass is 10.3. The minimum Gasteiger partial charge on any atom is -0.344 e. The van der Waals surface area contributed by atoms with Gasteiger partial charge in [-0.25, -0.2) is 0 Å². The monoisotopic (exact) mass is 179 g/mol. The maximum atomic E-state index is 5.18. The lowest BCUT2D eigenvalue weighted by Crippen LogP contribution is -1.92. The SMILES string of the molecule is Cc1cc(=S)c2cnn(C)c2[nH]1. The van der Waals surface area contributed by atoms with E-state index in [1.807, 2.05) is 20.0 Å². The molecule has 12 heavy (non-hydrogen) atoms. The Bertz CT molecular complexity index is 480. The molecular formula is C8H9N3S. The molecule has 4 heteroatoms. The Morgan fingerprint density at radius 2 is 2.33 bits per heavy atom. The van der Waals surface area contributed by atoms with Crippen LogP contribution in [0.15, 0.2) is 12.3 Å². The topological polar surface area (TPSA) is 33.6 Å². The van der Waals surface area contributed by atoms with Gasteiger partial charge in [0, 0.05) is 12.7 Å². The molecule has 0 saturated heterocycles. The van der Waals surface area contributed by atoms with Crippen LogP contribution in [0.25, 0.3) is 11.0 Å². The molecule has 0 unspecified atom stereocenters. The van der Waals surface area contributed by atoms with Gasteiger partial charge in [0.05, 0.1) is 16.1 Å². The minimum absolute atomic E-state index is 0.856. The van der Waals surface area contributed by atoms with Gasteiger partial charge in [0.2, 0.25) is 0 Å². The highest BCUT2D eigenvalue weighted by molar-refractivity contribution is 7.71. The molecular weight excluding hydrogens is 170 g/mol. The van der Waals surface area contributed by atoms with Crippen LogP contribution in [0.5, 0.6) is 0 Å². The Kier molecular flexibility index (Phi) is 1.51. The summed E-state index contributed by atoms with van der Waals surface area (Å²) in [5.41, 5.74) is 2.05. The average Bonchev–Trinajstić information content (AvgIpc) is 2.33. The Labute approximate surface area is 75.0 Å². The number of nitrogens with zero attached hydrogens (tertiary/aromatic N) is 2. The molecule has 3 nitrogen and oxygen atoms in total. The van der Waals surface area contributed by atoms with Crippen LogP contribution in [0.4, 0.5) is 0 Å². The van der Waals surface area contributed by atoms with E-state index in [0.717, 1.165) is 21.2 Å². The summed E-state index contributed by atoms with van der Waals surface area (Å²) in [5, 5.41) is 5.13. The van der Waals surface area contributed by atoms with Crippen molar-refractivity contribution in [2.24, 2.45) is 7.05 Å². The van der Waals surface area contributed by atoms with Crippen molar-refractivity contribution in [3.8, 4) is 0 Å². The molecule has 2 rings (SSSR count). The van der Waals surface area contributed by atoms with Gasteiger partial charge in [-0.05, 0) is 13.0 Å². The van der Waals surface area contributed by atoms with E-state index >= 15 is 0 Å². The fraction of sp³-hybridized carbons (Fsp3) is 0.250. The first-order valence-electron chi connectivity index (χ1n) is 3.70. The third-order valence-corrected chi connectivity index (χ3v) is 2.21. The van der Waals surface area contributed by atoms with Crippen molar-refractivity contribution >= 4 is 23.3 Å². The number of H-pyrrole nitrogens is 1. The number of fused-ring (bicyclic) bond motifs is 1. The van der Waals surface area contributed by atoms with E-state index < -0.39 is 0 Å². The van der Waals surface area contributed by atoms with Crippen LogP contribution < -0.4 is 0 Å². The van der Waals surface area contributed by atoms with Gasteiger partial charge in [-0.2, -0.15) is 5.10 Å². The summed E-state index contributed by atoms with van der Waals surface area (Å²) in [7, 11) is 1.90. The van der Waals surface area contributed by atoms with E-state index in [-0.39, 0.29) is 0 Å². The van der Waals surface area contributed by atoms with E-state index in [0.29, 0.717) is 0 Å². The second kappa shape index (κ2) is 2.42. The number of aromatic nitrogens is 3. The number of rotatable bonds is 0. The third kappa shape index (κ3) is 0.956. The van der Waals surface area contributed by atoms with Crippen LogP contribution in [0.2, 0.25) is 0 Å². The summed E-state index contributed by atoms with van der Waals surface area (Å²) < 4.78 is 2.65. The average molecular weight is 179 g/mol. The molecule has 0 bridgehead atoms. The zero-order valence-electron chi connectivity index (χ0n) is 6.96. The molecule has 2 heterocycles. The zero-order chi connectivity index (χ0) is 8.72. The maximum Gasteiger partial charge on any atom is 0.136 e. The standard InChI is InChI=1S/C8H9N3S/c1-5-3-7(12)6-4-9-11(2)8(6)10-5/h3-4H,1-2H3,(H,10,12). The summed E-state index contributed by atoms with van der Waals surface area (Å²) in [6.07, 6.45) is 1.79. The van der Waals surface area contributed by atoms with Gasteiger partial charge in [0.25, 0.3) is 0 Å². The van der Waals surface area contributed by atoms with Crippen molar-refractivity contribution in [2.45, 2.75) is 6.92 Å². The second-order valence-corrected chi connectivity index (χ2v) is 3.29. The molecule has 0 fully saturated rings. The van der Waals surface area contributed by atoms with Gasteiger partial charge in [0.15, 0.2) is 0 Å². The first-order chi connectivity index (χ1) is 5.68. The largest absolute Gasteiger partial charge is 0.344 e. The van der Waals surface area contributed by atoms with Crippen molar-refractivity contribution < 1.29 is 0 Å². The van der Waals surface area contributed by atoms with Crippen LogP contribution in [-0.2, 0) is 7.05 Å². The highest BCUT2D eigenvalue weighted by Crippen LogP contribution is 2.12. The summed E-state index contributed by atoms with van der Waals surface area (Å²) >= 11 is 5.18. The summed E-state index contributed by atoms with van der Waals surface area (Å²) in [6.45, 7) is 1.99. The van der Waals surface area contributed by atoms with Gasteiger partial charge >= 0.3 is 0 Å². The van der Waals surface area contributed by atoms with E-state index in [1.165, 1.54) is 0 Å². The van der Waals surface area contributed by atoms with Crippen molar-refractivity contribution in [2.75, 3.05) is 0 Å². The first kappa shape index (κ1) is 7.49. The third-order valence-electron chi connectivity index (χ3n) is 1.87. The van der Waals surface area contributed by atoms with Crippen molar-refractivity contribution in [3.63, 3.8) is 0 Å². The molecule has 0 aliphatic rings. The molecule has 0 saturated carbocycles. The molecule has 0 radical (unpaired) electrons. The molecule has 0 aliphatic carbocycles. The smallest absolute Gasteiger partial charge is 0.136 e. The van der Waals surface area contributed by atoms with Gasteiger partial charge in [-0.3, -0.25) is 4.68 Å². The van der Waals surface area contributed by atoms with E-state index in [1.54, 1.807) is 10.9 Å². The highest BCUT2D eigenvalue weighted by Gasteiger charge is 2.00. The number of hydrogen-bond acceptors (Lipinski definition) is 2. The summed E-state index contributed by atoms with van der Waals surface area (Å²) in [6, 6.07) is 1.94. The Morgan fingerprint density at radius 1 is 1.58 bits per heavy atom. The van der Waals surface area contributed by atoms with E-state index in [2.05, 4.69) is 10.1 Å². The lowest BCUT2D eigenvalue weighted by molar-refractivity contribution is 0.785. The predicted molar refractivity (Wildman–Crippen MR) is 50.6 cm³/mol. The Morgan fingerprint density at radius 3 is 3.08 bits per heavy atom. The Hall–Kier alpha value is -1.16. The predicted octanol–water partition coefficient (Wildman–Crippen LogP) is 1.94. The molecule has 62 valence electrons. The van der Waals surface area contributed by atoms with Crippen molar-refractivity contribution in [1.82, 2.24) is 14.8 Å². The molecule has 0 spiro atoms. The highest BCUT2D eigenvalue weighted by atomic mass is 32.1. The summed E-state index contributed by atoms with van der Waals surface area (Å²) in [5.74, 6) is 0. The van der Waals surface area contributed by atoms with Crippen LogP contribution >= 0.6 is 12.2 Å². The van der Waals surface area contributed by atoms with E-state index in [9.17, 15) is 0 Å². The van der Waals surface area contributed by atoms with E-state index in [4.69, 9.17) is 12.2 Å². The fourth-order valence-corrected chi connectivity index (χ4v) is 1.59. The van der Waals surface area contributed by atoms with Crippen molar-refractivity contribution in [1.29, 1.82) is 0 Å². The molecule has 0 aromatic carbocycles. The van der Waals surface area contributed by atoms with Crippen molar-refractivity contribution in [3.05, 3.63) is 22.5 Å². The molecule has 1 N–H and O–H groups in total. The van der Waals surface area contributed by atoms with Gasteiger partial charge < -0.3 is 4.98 Å². The normalized spacial score (nSPS) is 10.8. The zero-order valence-corrected chi connectivity index (χ0v) is 7.77. The van der Waals surface area contributed by atoms with Crippen LogP contribution in [0.1, 0.15) is 5.69 Å². The Balaban J connectivity index is 3.03. The number of aromatic amines is 1. The molecule has 0 atom stereocenters. The maximum absolute atomic E-state index is 5.18. The molecule has 0 aliphatic heterocycles. The lowest BCUT2D eigenvalue weighted by Gasteiger charge is -1.96. The quantitative estimate of drug-likeness (QED) is 0.627. The number of nitrogens with one attached hydrogen (secondary N) is 1.